The van der Waals surface area contributed by atoms with E-state index in [1.54, 1.807) is 0 Å². The smallest absolute Gasteiger partial charge is 0.396 e. The van der Waals surface area contributed by atoms with Gasteiger partial charge >= 0.3 is 15.5 Å². The van der Waals surface area contributed by atoms with Crippen LogP contribution in [0.25, 0.3) is 22.3 Å². The van der Waals surface area contributed by atoms with Crippen LogP contribution < -0.4 is 21.6 Å². The molecule has 0 spiro atoms. The Morgan fingerprint density at radius 2 is 1.29 bits per heavy atom. The number of ether oxygens (including phenoxy) is 2. The lowest BCUT2D eigenvalue weighted by Gasteiger charge is -2.29. The van der Waals surface area contributed by atoms with E-state index in [1.165, 1.54) is 34.4 Å². The van der Waals surface area contributed by atoms with E-state index in [1.807, 2.05) is 0 Å². The van der Waals surface area contributed by atoms with Crippen LogP contribution in [0.2, 0.25) is 0 Å². The van der Waals surface area contributed by atoms with Gasteiger partial charge in [-0.15, -0.1) is 0 Å². The van der Waals surface area contributed by atoms with Gasteiger partial charge in [-0.3, -0.25) is 18.2 Å². The minimum atomic E-state index is -4.71. The van der Waals surface area contributed by atoms with Gasteiger partial charge in [0.1, 0.15) is 48.2 Å². The summed E-state index contributed by atoms with van der Waals surface area (Å²) in [5, 5.41) is 26.5. The quantitative estimate of drug-likeness (QED) is 0.107. The molecule has 22 nitrogen and oxygen atoms in total. The first kappa shape index (κ1) is 30.4. The van der Waals surface area contributed by atoms with Crippen LogP contribution in [-0.2, 0) is 27.7 Å². The normalized spacial score (nSPS) is 37.7. The molecule has 10 N–H and O–H groups in total. The van der Waals surface area contributed by atoms with Gasteiger partial charge in [0.05, 0.1) is 44.6 Å². The molecule has 0 saturated carbocycles. The zero-order valence-corrected chi connectivity index (χ0v) is 24.7. The molecular formula is C21H28N12O10P2. The molecule has 3 saturated heterocycles. The minimum absolute atomic E-state index is 0.0783. The van der Waals surface area contributed by atoms with Gasteiger partial charge < -0.3 is 40.9 Å². The monoisotopic (exact) mass is 670 g/mol. The van der Waals surface area contributed by atoms with Crippen LogP contribution in [0.1, 0.15) is 12.5 Å². The number of nitrogens with two attached hydrogens (primary N) is 2. The second-order valence-electron chi connectivity index (χ2n) is 10.6. The van der Waals surface area contributed by atoms with Crippen LogP contribution in [0.3, 0.4) is 0 Å². The third-order valence-corrected chi connectivity index (χ3v) is 10.1. The van der Waals surface area contributed by atoms with Crippen molar-refractivity contribution in [3.05, 3.63) is 25.3 Å². The highest BCUT2D eigenvalue weighted by Crippen LogP contribution is 2.48. The number of imidazole rings is 2. The van der Waals surface area contributed by atoms with Crippen molar-refractivity contribution in [2.75, 3.05) is 31.3 Å². The molecule has 0 radical (unpaired) electrons. The van der Waals surface area contributed by atoms with Crippen molar-refractivity contribution in [2.24, 2.45) is 5.92 Å². The number of hydrogen-bond acceptors (Lipinski definition) is 16. The van der Waals surface area contributed by atoms with Gasteiger partial charge in [-0.1, -0.05) is 0 Å². The van der Waals surface area contributed by atoms with Crippen LogP contribution in [0.15, 0.2) is 25.3 Å². The molecule has 7 heterocycles. The lowest BCUT2D eigenvalue weighted by Crippen LogP contribution is -2.47. The second-order valence-corrected chi connectivity index (χ2v) is 13.7. The van der Waals surface area contributed by atoms with Crippen molar-refractivity contribution < 1.29 is 47.7 Å². The third-order valence-electron chi connectivity index (χ3n) is 7.90. The number of nitrogens with zero attached hydrogens (tertiary/aromatic N) is 8. The van der Waals surface area contributed by atoms with E-state index in [-0.39, 0.29) is 34.0 Å². The maximum Gasteiger partial charge on any atom is 0.403 e. The molecule has 0 aromatic carbocycles. The van der Waals surface area contributed by atoms with Gasteiger partial charge in [0.25, 0.3) is 0 Å². The molecule has 0 amide bonds. The van der Waals surface area contributed by atoms with E-state index >= 15 is 0 Å². The summed E-state index contributed by atoms with van der Waals surface area (Å²) in [6, 6.07) is -2.49. The number of aromatic nitrogens is 8. The highest BCUT2D eigenvalue weighted by molar-refractivity contribution is 7.50. The van der Waals surface area contributed by atoms with Crippen molar-refractivity contribution in [1.82, 2.24) is 49.2 Å². The number of nitrogen functional groups attached to an aromatic ring is 2. The van der Waals surface area contributed by atoms with E-state index in [2.05, 4.69) is 40.1 Å². The molecule has 4 aromatic heterocycles. The number of aliphatic hydroxyl groups excluding tert-OH is 2. The van der Waals surface area contributed by atoms with Gasteiger partial charge in [0, 0.05) is 5.92 Å². The summed E-state index contributed by atoms with van der Waals surface area (Å²) in [4.78, 5) is 46.1. The number of hydrogen-bond donors (Lipinski definition) is 8. The van der Waals surface area contributed by atoms with Gasteiger partial charge in [0.2, 0.25) is 0 Å². The van der Waals surface area contributed by atoms with Gasteiger partial charge in [0.15, 0.2) is 29.2 Å². The summed E-state index contributed by atoms with van der Waals surface area (Å²) in [6.07, 6.45) is -1.20. The highest BCUT2D eigenvalue weighted by Gasteiger charge is 2.52. The fourth-order valence-electron chi connectivity index (χ4n) is 5.80. The number of rotatable bonds is 3. The Kier molecular flexibility index (Phi) is 7.59. The molecule has 4 aromatic rings. The minimum Gasteiger partial charge on any atom is -0.396 e. The first-order chi connectivity index (χ1) is 21.5. The Balaban J connectivity index is 1.18. The summed E-state index contributed by atoms with van der Waals surface area (Å²) in [5.74, 6) is -0.757. The molecule has 0 aliphatic carbocycles. The summed E-state index contributed by atoms with van der Waals surface area (Å²) in [7, 11) is -9.40. The Morgan fingerprint density at radius 3 is 1.84 bits per heavy atom. The van der Waals surface area contributed by atoms with Crippen LogP contribution in [0, 0.1) is 5.92 Å². The standard InChI is InChI=1S/C21H28N12O10P2/c22-16-13-18(26-4-24-16)32(6-28-13)20-8(1-34)11-9(42-20)2-40-45(38,39)31-12-10(3-41-44(36,37)30-11)43-21(15(12)35)33-7-29-14-17(23)25-5-27-19(14)33/h4-12,15,20-21,34-35H,1-3H2,(H2,22,24,26)(H2,23,25,27)(H2,30,36,37)(H2,31,38,39)/t8?,9-,10-,11?,12?,15+,20-,21-/m1/s1. The highest BCUT2D eigenvalue weighted by atomic mass is 31.2. The first-order valence-electron chi connectivity index (χ1n) is 13.4. The number of anilines is 2. The zero-order valence-electron chi connectivity index (χ0n) is 22.9. The van der Waals surface area contributed by atoms with Crippen LogP contribution in [0.4, 0.5) is 11.6 Å². The lowest BCUT2D eigenvalue weighted by molar-refractivity contribution is -0.0475. The molecule has 3 fully saturated rings. The van der Waals surface area contributed by atoms with E-state index in [0.717, 1.165) is 0 Å². The summed E-state index contributed by atoms with van der Waals surface area (Å²) >= 11 is 0. The fraction of sp³-hybridized carbons (Fsp3) is 0.524. The van der Waals surface area contributed by atoms with Crippen molar-refractivity contribution in [3.8, 4) is 0 Å². The molecule has 3 aliphatic rings. The molecule has 5 unspecified atom stereocenters. The van der Waals surface area contributed by atoms with Crippen LogP contribution in [0.5, 0.6) is 0 Å². The van der Waals surface area contributed by atoms with E-state index in [0.29, 0.717) is 0 Å². The van der Waals surface area contributed by atoms with E-state index < -0.39 is 84.1 Å². The predicted molar refractivity (Wildman–Crippen MR) is 149 cm³/mol. The molecule has 24 heteroatoms. The number of aliphatic hydroxyl groups is 2. The molecule has 45 heavy (non-hydrogen) atoms. The SMILES string of the molecule is Nc1ncnc2c1ncn2[C@@H]1O[C@@H]2COP(=O)(O)NC3[C@@H](COP(=O)(O)NC2C1CO)O[C@@H](n1cnc2c(N)ncnc21)[C@H]3O. The average Bonchev–Trinajstić information content (AvgIpc) is 3.75. The summed E-state index contributed by atoms with van der Waals surface area (Å²) < 4.78 is 52.2. The molecular weight excluding hydrogens is 642 g/mol. The predicted octanol–water partition coefficient (Wildman–Crippen LogP) is -2.24. The molecule has 7 rings (SSSR count). The average molecular weight is 670 g/mol. The number of nitrogens with one attached hydrogen (secondary N) is 2. The van der Waals surface area contributed by atoms with Crippen LogP contribution >= 0.6 is 15.5 Å². The van der Waals surface area contributed by atoms with Crippen LogP contribution in [-0.4, -0.2) is 109 Å². The van der Waals surface area contributed by atoms with Crippen molar-refractivity contribution in [3.63, 3.8) is 0 Å². The van der Waals surface area contributed by atoms with Crippen molar-refractivity contribution >= 4 is 49.5 Å². The Hall–Kier alpha value is -3.24. The first-order valence-corrected chi connectivity index (χ1v) is 16.6. The Bertz CT molecular complexity index is 1840. The lowest BCUT2D eigenvalue weighted by atomic mass is 9.99. The van der Waals surface area contributed by atoms with Gasteiger partial charge in [-0.05, 0) is 0 Å². The number of fused-ring (bicyclic) bond motifs is 4. The van der Waals surface area contributed by atoms with Crippen molar-refractivity contribution in [2.45, 2.75) is 42.9 Å². The Labute approximate surface area is 251 Å². The topological polar surface area (TPSA) is 315 Å². The van der Waals surface area contributed by atoms with E-state index in [4.69, 9.17) is 30.0 Å². The summed E-state index contributed by atoms with van der Waals surface area (Å²) in [5.41, 5.74) is 12.7. The fourth-order valence-corrected chi connectivity index (χ4v) is 8.08. The van der Waals surface area contributed by atoms with Crippen molar-refractivity contribution in [1.29, 1.82) is 0 Å². The maximum absolute atomic E-state index is 13.3. The molecule has 10 atom stereocenters. The van der Waals surface area contributed by atoms with Gasteiger partial charge in [-0.2, -0.15) is 0 Å². The maximum atomic E-state index is 13.3. The van der Waals surface area contributed by atoms with Gasteiger partial charge in [-0.25, -0.2) is 49.2 Å². The second kappa shape index (κ2) is 11.2. The van der Waals surface area contributed by atoms with E-state index in [9.17, 15) is 29.1 Å². The summed E-state index contributed by atoms with van der Waals surface area (Å²) in [6.45, 7) is -1.80. The molecule has 3 aliphatic heterocycles. The zero-order chi connectivity index (χ0) is 31.7. The largest absolute Gasteiger partial charge is 0.403 e. The third kappa shape index (κ3) is 5.37. The molecule has 242 valence electrons. The Morgan fingerprint density at radius 1 is 0.800 bits per heavy atom. The molecule has 0 bridgehead atoms.